The van der Waals surface area contributed by atoms with Crippen LogP contribution in [0.1, 0.15) is 55.9 Å². The van der Waals surface area contributed by atoms with Gasteiger partial charge in [0, 0.05) is 35.9 Å². The molecule has 9 heteroatoms. The first-order valence-corrected chi connectivity index (χ1v) is 16.7. The van der Waals surface area contributed by atoms with Crippen molar-refractivity contribution >= 4 is 43.5 Å². The number of rotatable bonds is 12. The fraction of sp³-hybridized carbons (Fsp3) is 0.394. The zero-order valence-corrected chi connectivity index (χ0v) is 27.8. The third-order valence-electron chi connectivity index (χ3n) is 6.66. The van der Waals surface area contributed by atoms with Gasteiger partial charge in [-0.15, -0.1) is 0 Å². The van der Waals surface area contributed by atoms with E-state index in [4.69, 9.17) is 0 Å². The third kappa shape index (κ3) is 10.3. The molecule has 0 bridgehead atoms. The molecule has 0 aromatic heterocycles. The number of carbonyl (C=O) groups is 2. The van der Waals surface area contributed by atoms with Crippen LogP contribution in [0.5, 0.6) is 0 Å². The number of sulfonamides is 1. The van der Waals surface area contributed by atoms with Crippen molar-refractivity contribution in [2.45, 2.75) is 72.0 Å². The summed E-state index contributed by atoms with van der Waals surface area (Å²) in [5, 5.41) is 3.07. The molecule has 3 aromatic rings. The standard InChI is InChI=1S/C33H42BrN3O4S/c1-24-18-25(2)20-29(19-24)37(42(6,40)41)17-11-16-31(38)36(23-27-14-10-15-28(34)21-27)30(32(39)35-33(3,4)5)22-26-12-8-7-9-13-26/h7-10,12-15,18-21,30H,11,16-17,22-23H2,1-6H3,(H,35,39)/t30-/m1/s1. The number of nitrogens with zero attached hydrogens (tertiary/aromatic N) is 2. The molecule has 3 rings (SSSR count). The van der Waals surface area contributed by atoms with Crippen molar-refractivity contribution in [3.63, 3.8) is 0 Å². The van der Waals surface area contributed by atoms with Crippen LogP contribution in [0.3, 0.4) is 0 Å². The number of carbonyl (C=O) groups excluding carboxylic acids is 2. The van der Waals surface area contributed by atoms with Crippen molar-refractivity contribution < 1.29 is 18.0 Å². The zero-order chi connectivity index (χ0) is 31.1. The lowest BCUT2D eigenvalue weighted by Gasteiger charge is -2.34. The molecule has 0 aliphatic rings. The predicted molar refractivity (Wildman–Crippen MR) is 174 cm³/mol. The summed E-state index contributed by atoms with van der Waals surface area (Å²) in [6.45, 7) is 9.98. The van der Waals surface area contributed by atoms with Crippen LogP contribution in [-0.4, -0.2) is 49.5 Å². The first-order valence-electron chi connectivity index (χ1n) is 14.1. The van der Waals surface area contributed by atoms with Crippen molar-refractivity contribution in [3.05, 3.63) is 99.5 Å². The smallest absolute Gasteiger partial charge is 0.243 e. The topological polar surface area (TPSA) is 86.8 Å². The second-order valence-electron chi connectivity index (χ2n) is 11.9. The van der Waals surface area contributed by atoms with Gasteiger partial charge in [0.25, 0.3) is 0 Å². The van der Waals surface area contributed by atoms with Crippen LogP contribution in [-0.2, 0) is 32.6 Å². The van der Waals surface area contributed by atoms with E-state index >= 15 is 0 Å². The van der Waals surface area contributed by atoms with Gasteiger partial charge in [-0.3, -0.25) is 13.9 Å². The summed E-state index contributed by atoms with van der Waals surface area (Å²) >= 11 is 3.51. The predicted octanol–water partition coefficient (Wildman–Crippen LogP) is 6.17. The highest BCUT2D eigenvalue weighted by molar-refractivity contribution is 9.10. The summed E-state index contributed by atoms with van der Waals surface area (Å²) in [7, 11) is -3.57. The summed E-state index contributed by atoms with van der Waals surface area (Å²) < 4.78 is 27.7. The minimum Gasteiger partial charge on any atom is -0.350 e. The monoisotopic (exact) mass is 655 g/mol. The van der Waals surface area contributed by atoms with E-state index in [0.29, 0.717) is 18.5 Å². The van der Waals surface area contributed by atoms with Gasteiger partial charge in [0.05, 0.1) is 11.9 Å². The van der Waals surface area contributed by atoms with Crippen molar-refractivity contribution in [2.75, 3.05) is 17.1 Å². The maximum Gasteiger partial charge on any atom is 0.243 e. The second-order valence-corrected chi connectivity index (χ2v) is 14.7. The molecule has 0 aliphatic carbocycles. The Balaban J connectivity index is 1.92. The minimum absolute atomic E-state index is 0.0823. The van der Waals surface area contributed by atoms with E-state index in [9.17, 15) is 18.0 Å². The van der Waals surface area contributed by atoms with E-state index < -0.39 is 21.6 Å². The molecule has 2 amide bonds. The number of hydrogen-bond acceptors (Lipinski definition) is 4. The number of amides is 2. The Morgan fingerprint density at radius 2 is 1.52 bits per heavy atom. The zero-order valence-electron chi connectivity index (χ0n) is 25.4. The lowest BCUT2D eigenvalue weighted by Crippen LogP contribution is -2.54. The van der Waals surface area contributed by atoms with Crippen LogP contribution in [0.2, 0.25) is 0 Å². The highest BCUT2D eigenvalue weighted by Crippen LogP contribution is 2.23. The molecule has 0 fully saturated rings. The summed E-state index contributed by atoms with van der Waals surface area (Å²) in [5.74, 6) is -0.448. The minimum atomic E-state index is -3.57. The molecule has 3 aromatic carbocycles. The van der Waals surface area contributed by atoms with Gasteiger partial charge in [0.1, 0.15) is 6.04 Å². The molecule has 0 unspecified atom stereocenters. The van der Waals surface area contributed by atoms with Crippen LogP contribution in [0.15, 0.2) is 77.3 Å². The second kappa shape index (κ2) is 14.3. The molecule has 0 saturated carbocycles. The van der Waals surface area contributed by atoms with Gasteiger partial charge in [-0.25, -0.2) is 8.42 Å². The maximum absolute atomic E-state index is 14.0. The lowest BCUT2D eigenvalue weighted by molar-refractivity contribution is -0.142. The largest absolute Gasteiger partial charge is 0.350 e. The van der Waals surface area contributed by atoms with Crippen molar-refractivity contribution in [1.29, 1.82) is 0 Å². The normalized spacial score (nSPS) is 12.5. The quantitative estimate of drug-likeness (QED) is 0.253. The summed E-state index contributed by atoms with van der Waals surface area (Å²) in [6, 6.07) is 22.2. The molecule has 0 aliphatic heterocycles. The van der Waals surface area contributed by atoms with Gasteiger partial charge in [-0.05, 0) is 87.6 Å². The number of aryl methyl sites for hydroxylation is 2. The van der Waals surface area contributed by atoms with E-state index in [0.717, 1.165) is 26.7 Å². The fourth-order valence-corrected chi connectivity index (χ4v) is 6.33. The number of hydrogen-bond donors (Lipinski definition) is 1. The SMILES string of the molecule is Cc1cc(C)cc(N(CCCC(=O)N(Cc2cccc(Br)c2)[C@H](Cc2ccccc2)C(=O)NC(C)(C)C)S(C)(=O)=O)c1. The average Bonchev–Trinajstić information content (AvgIpc) is 2.86. The molecular formula is C33H42BrN3O4S. The number of nitrogens with one attached hydrogen (secondary N) is 1. The first-order chi connectivity index (χ1) is 19.6. The molecule has 7 nitrogen and oxygen atoms in total. The molecular weight excluding hydrogens is 614 g/mol. The summed E-state index contributed by atoms with van der Waals surface area (Å²) in [4.78, 5) is 29.3. The molecule has 0 spiro atoms. The Morgan fingerprint density at radius 1 is 0.905 bits per heavy atom. The maximum atomic E-state index is 14.0. The Labute approximate surface area is 259 Å². The first kappa shape index (κ1) is 33.3. The summed E-state index contributed by atoms with van der Waals surface area (Å²) in [6.07, 6.45) is 1.91. The van der Waals surface area contributed by atoms with E-state index in [1.54, 1.807) is 4.90 Å². The Bertz CT molecular complexity index is 1470. The van der Waals surface area contributed by atoms with Gasteiger partial charge >= 0.3 is 0 Å². The summed E-state index contributed by atoms with van der Waals surface area (Å²) in [5.41, 5.74) is 3.84. The van der Waals surface area contributed by atoms with Crippen LogP contribution in [0.25, 0.3) is 0 Å². The van der Waals surface area contributed by atoms with E-state index in [-0.39, 0.29) is 31.3 Å². The lowest BCUT2D eigenvalue weighted by atomic mass is 10.00. The Kier molecular flexibility index (Phi) is 11.4. The molecule has 0 saturated heterocycles. The van der Waals surface area contributed by atoms with Crippen molar-refractivity contribution in [2.24, 2.45) is 0 Å². The number of anilines is 1. The van der Waals surface area contributed by atoms with Crippen molar-refractivity contribution in [3.8, 4) is 0 Å². The van der Waals surface area contributed by atoms with Crippen molar-refractivity contribution in [1.82, 2.24) is 10.2 Å². The van der Waals surface area contributed by atoms with E-state index in [1.807, 2.05) is 107 Å². The van der Waals surface area contributed by atoms with E-state index in [1.165, 1.54) is 10.6 Å². The fourth-order valence-electron chi connectivity index (χ4n) is 4.94. The molecule has 42 heavy (non-hydrogen) atoms. The van der Waals surface area contributed by atoms with Crippen LogP contribution in [0, 0.1) is 13.8 Å². The highest BCUT2D eigenvalue weighted by Gasteiger charge is 2.32. The third-order valence-corrected chi connectivity index (χ3v) is 8.35. The highest BCUT2D eigenvalue weighted by atomic mass is 79.9. The van der Waals surface area contributed by atoms with Crippen LogP contribution < -0.4 is 9.62 Å². The Morgan fingerprint density at radius 3 is 2.10 bits per heavy atom. The molecule has 1 atom stereocenters. The molecule has 226 valence electrons. The van der Waals surface area contributed by atoms with Gasteiger partial charge < -0.3 is 10.2 Å². The van der Waals surface area contributed by atoms with Gasteiger partial charge in [0.15, 0.2) is 0 Å². The number of halogens is 1. The van der Waals surface area contributed by atoms with Crippen LogP contribution in [0.4, 0.5) is 5.69 Å². The van der Waals surface area contributed by atoms with Gasteiger partial charge in [0.2, 0.25) is 21.8 Å². The molecule has 0 heterocycles. The molecule has 1 N–H and O–H groups in total. The molecule has 0 radical (unpaired) electrons. The van der Waals surface area contributed by atoms with Gasteiger partial charge in [-0.2, -0.15) is 0 Å². The Hall–Kier alpha value is -3.17. The van der Waals surface area contributed by atoms with E-state index in [2.05, 4.69) is 21.2 Å². The van der Waals surface area contributed by atoms with Gasteiger partial charge in [-0.1, -0.05) is 64.5 Å². The average molecular weight is 657 g/mol. The van der Waals surface area contributed by atoms with Crippen LogP contribution >= 0.6 is 15.9 Å². The number of benzene rings is 3.